The van der Waals surface area contributed by atoms with Gasteiger partial charge >= 0.3 is 5.97 Å². The molecule has 1 aromatic carbocycles. The smallest absolute Gasteiger partial charge is 0.328 e. The van der Waals surface area contributed by atoms with Crippen molar-refractivity contribution in [1.82, 2.24) is 0 Å². The lowest BCUT2D eigenvalue weighted by Crippen LogP contribution is -2.21. The summed E-state index contributed by atoms with van der Waals surface area (Å²) < 4.78 is 13.9. The lowest BCUT2D eigenvalue weighted by molar-refractivity contribution is -0.131. The van der Waals surface area contributed by atoms with Crippen molar-refractivity contribution < 1.29 is 14.3 Å². The second-order valence-corrected chi connectivity index (χ2v) is 4.69. The molecule has 1 N–H and O–H groups in total. The number of carbonyl (C=O) groups is 1. The lowest BCUT2D eigenvalue weighted by atomic mass is 10.1. The second-order valence-electron chi connectivity index (χ2n) is 4.69. The minimum absolute atomic E-state index is 0.295. The topological polar surface area (TPSA) is 40.5 Å². The molecule has 1 unspecified atom stereocenters. The maximum atomic E-state index is 13.9. The van der Waals surface area contributed by atoms with Gasteiger partial charge in [-0.3, -0.25) is 0 Å². The molecule has 2 rings (SSSR count). The van der Waals surface area contributed by atoms with Crippen LogP contribution in [0.4, 0.5) is 10.1 Å². The molecular weight excluding hydrogens is 233 g/mol. The van der Waals surface area contributed by atoms with Gasteiger partial charge in [-0.2, -0.15) is 0 Å². The molecule has 0 spiro atoms. The molecule has 96 valence electrons. The van der Waals surface area contributed by atoms with Crippen molar-refractivity contribution in [3.63, 3.8) is 0 Å². The Morgan fingerprint density at radius 2 is 2.33 bits per heavy atom. The summed E-state index contributed by atoms with van der Waals surface area (Å²) in [6.45, 7) is 3.76. The first-order chi connectivity index (χ1) is 8.58. The normalized spacial score (nSPS) is 19.7. The fraction of sp³-hybridized carbons (Fsp3) is 0.357. The summed E-state index contributed by atoms with van der Waals surface area (Å²) in [5.74, 6) is -0.780. The molecule has 1 saturated heterocycles. The van der Waals surface area contributed by atoms with Crippen molar-refractivity contribution in [1.29, 1.82) is 0 Å². The maximum absolute atomic E-state index is 13.9. The molecule has 3 nitrogen and oxygen atoms in total. The van der Waals surface area contributed by atoms with E-state index >= 15 is 0 Å². The first kappa shape index (κ1) is 12.6. The van der Waals surface area contributed by atoms with E-state index in [9.17, 15) is 9.18 Å². The van der Waals surface area contributed by atoms with E-state index in [4.69, 9.17) is 5.11 Å². The SMILES string of the molecule is CC1CCN(c2c(F)cccc2/C=C/C(=O)O)C1. The van der Waals surface area contributed by atoms with E-state index in [2.05, 4.69) is 6.92 Å². The van der Waals surface area contributed by atoms with Crippen LogP contribution in [0.15, 0.2) is 24.3 Å². The molecule has 1 fully saturated rings. The van der Waals surface area contributed by atoms with E-state index in [-0.39, 0.29) is 5.82 Å². The molecule has 4 heteroatoms. The highest BCUT2D eigenvalue weighted by Crippen LogP contribution is 2.30. The van der Waals surface area contributed by atoms with Crippen molar-refractivity contribution in [3.05, 3.63) is 35.7 Å². The van der Waals surface area contributed by atoms with Gasteiger partial charge in [0.25, 0.3) is 0 Å². The Kier molecular flexibility index (Phi) is 3.65. The Labute approximate surface area is 106 Å². The summed E-state index contributed by atoms with van der Waals surface area (Å²) in [4.78, 5) is 12.5. The Morgan fingerprint density at radius 1 is 1.56 bits per heavy atom. The number of nitrogens with zero attached hydrogens (tertiary/aromatic N) is 1. The van der Waals surface area contributed by atoms with E-state index in [0.29, 0.717) is 17.2 Å². The van der Waals surface area contributed by atoms with E-state index in [0.717, 1.165) is 25.6 Å². The number of halogens is 1. The van der Waals surface area contributed by atoms with Crippen LogP contribution in [-0.4, -0.2) is 24.2 Å². The molecule has 0 saturated carbocycles. The average Bonchev–Trinajstić information content (AvgIpc) is 2.72. The van der Waals surface area contributed by atoms with Gasteiger partial charge in [-0.15, -0.1) is 0 Å². The zero-order valence-corrected chi connectivity index (χ0v) is 10.3. The van der Waals surface area contributed by atoms with Crippen molar-refractivity contribution in [2.24, 2.45) is 5.92 Å². The number of rotatable bonds is 3. The number of aliphatic carboxylic acids is 1. The summed E-state index contributed by atoms with van der Waals surface area (Å²) in [6, 6.07) is 4.75. The predicted octanol–water partition coefficient (Wildman–Crippen LogP) is 2.77. The Balaban J connectivity index is 2.35. The van der Waals surface area contributed by atoms with Crippen LogP contribution in [0.1, 0.15) is 18.9 Å². The van der Waals surface area contributed by atoms with Crippen LogP contribution in [0, 0.1) is 11.7 Å². The van der Waals surface area contributed by atoms with Crippen LogP contribution in [0.5, 0.6) is 0 Å². The summed E-state index contributed by atoms with van der Waals surface area (Å²) in [7, 11) is 0. The van der Waals surface area contributed by atoms with Gasteiger partial charge in [-0.25, -0.2) is 9.18 Å². The zero-order valence-electron chi connectivity index (χ0n) is 10.3. The first-order valence-electron chi connectivity index (χ1n) is 6.02. The van der Waals surface area contributed by atoms with Crippen LogP contribution in [0.2, 0.25) is 0 Å². The standard InChI is InChI=1S/C14H16FNO2/c1-10-7-8-16(9-10)14-11(5-6-13(17)18)3-2-4-12(14)15/h2-6,10H,7-9H2,1H3,(H,17,18)/b6-5+. The van der Waals surface area contributed by atoms with Crippen LogP contribution >= 0.6 is 0 Å². The average molecular weight is 249 g/mol. The van der Waals surface area contributed by atoms with Gasteiger partial charge in [-0.05, 0) is 24.5 Å². The third-order valence-electron chi connectivity index (χ3n) is 3.16. The number of anilines is 1. The number of benzene rings is 1. The summed E-state index contributed by atoms with van der Waals surface area (Å²) in [5, 5.41) is 8.65. The third-order valence-corrected chi connectivity index (χ3v) is 3.16. The predicted molar refractivity (Wildman–Crippen MR) is 69.1 cm³/mol. The molecule has 0 amide bonds. The fourth-order valence-electron chi connectivity index (χ4n) is 2.30. The van der Waals surface area contributed by atoms with Gasteiger partial charge in [0, 0.05) is 24.7 Å². The molecule has 1 atom stereocenters. The fourth-order valence-corrected chi connectivity index (χ4v) is 2.30. The summed E-state index contributed by atoms with van der Waals surface area (Å²) >= 11 is 0. The van der Waals surface area contributed by atoms with Crippen molar-refractivity contribution in [3.8, 4) is 0 Å². The number of carboxylic acids is 1. The minimum Gasteiger partial charge on any atom is -0.478 e. The molecule has 1 aromatic rings. The Bertz CT molecular complexity index is 485. The van der Waals surface area contributed by atoms with Gasteiger partial charge < -0.3 is 10.0 Å². The first-order valence-corrected chi connectivity index (χ1v) is 6.02. The number of para-hydroxylation sites is 1. The van der Waals surface area contributed by atoms with Crippen LogP contribution in [0.3, 0.4) is 0 Å². The molecule has 1 aliphatic rings. The minimum atomic E-state index is -1.03. The van der Waals surface area contributed by atoms with Gasteiger partial charge in [0.15, 0.2) is 0 Å². The highest BCUT2D eigenvalue weighted by atomic mass is 19.1. The largest absolute Gasteiger partial charge is 0.478 e. The Morgan fingerprint density at radius 3 is 2.94 bits per heavy atom. The van der Waals surface area contributed by atoms with Gasteiger partial charge in [-0.1, -0.05) is 19.1 Å². The number of hydrogen-bond donors (Lipinski definition) is 1. The monoisotopic (exact) mass is 249 g/mol. The quantitative estimate of drug-likeness (QED) is 0.837. The number of carboxylic acid groups (broad SMARTS) is 1. The molecule has 1 heterocycles. The highest BCUT2D eigenvalue weighted by Gasteiger charge is 2.22. The van der Waals surface area contributed by atoms with Gasteiger partial charge in [0.1, 0.15) is 5.82 Å². The molecule has 1 aliphatic heterocycles. The lowest BCUT2D eigenvalue weighted by Gasteiger charge is -2.21. The van der Waals surface area contributed by atoms with Gasteiger partial charge in [0.05, 0.1) is 5.69 Å². The third kappa shape index (κ3) is 2.70. The van der Waals surface area contributed by atoms with E-state index in [1.807, 2.05) is 4.90 Å². The maximum Gasteiger partial charge on any atom is 0.328 e. The molecule has 0 aromatic heterocycles. The van der Waals surface area contributed by atoms with Crippen molar-refractivity contribution >= 4 is 17.7 Å². The summed E-state index contributed by atoms with van der Waals surface area (Å²) in [5.41, 5.74) is 1.13. The van der Waals surface area contributed by atoms with Gasteiger partial charge in [0.2, 0.25) is 0 Å². The second kappa shape index (κ2) is 5.21. The van der Waals surface area contributed by atoms with Crippen LogP contribution in [-0.2, 0) is 4.79 Å². The highest BCUT2D eigenvalue weighted by molar-refractivity contribution is 5.87. The van der Waals surface area contributed by atoms with E-state index in [1.165, 1.54) is 12.1 Å². The van der Waals surface area contributed by atoms with Crippen molar-refractivity contribution in [2.75, 3.05) is 18.0 Å². The Hall–Kier alpha value is -1.84. The van der Waals surface area contributed by atoms with Crippen molar-refractivity contribution in [2.45, 2.75) is 13.3 Å². The number of hydrogen-bond acceptors (Lipinski definition) is 2. The molecule has 18 heavy (non-hydrogen) atoms. The summed E-state index contributed by atoms with van der Waals surface area (Å²) in [6.07, 6.45) is 3.53. The molecule has 0 radical (unpaired) electrons. The van der Waals surface area contributed by atoms with Crippen LogP contribution < -0.4 is 4.90 Å². The molecular formula is C14H16FNO2. The van der Waals surface area contributed by atoms with E-state index in [1.54, 1.807) is 12.1 Å². The van der Waals surface area contributed by atoms with E-state index < -0.39 is 5.97 Å². The molecule has 0 bridgehead atoms. The zero-order chi connectivity index (χ0) is 13.1. The van der Waals surface area contributed by atoms with Crippen LogP contribution in [0.25, 0.3) is 6.08 Å². The molecule has 0 aliphatic carbocycles.